The third-order valence-corrected chi connectivity index (χ3v) is 2.05. The van der Waals surface area contributed by atoms with Gasteiger partial charge in [-0.05, 0) is 34.6 Å². The van der Waals surface area contributed by atoms with E-state index in [1.165, 1.54) is 6.20 Å². The lowest BCUT2D eigenvalue weighted by Gasteiger charge is -2.19. The van der Waals surface area contributed by atoms with Crippen molar-refractivity contribution in [2.24, 2.45) is 0 Å². The molecule has 1 heterocycles. The summed E-state index contributed by atoms with van der Waals surface area (Å²) in [6, 6.07) is 0. The van der Waals surface area contributed by atoms with Crippen molar-refractivity contribution in [3.63, 3.8) is 0 Å². The van der Waals surface area contributed by atoms with Gasteiger partial charge in [-0.15, -0.1) is 6.42 Å². The number of terminal acetylenes is 1. The van der Waals surface area contributed by atoms with E-state index in [0.717, 1.165) is 0 Å². The van der Waals surface area contributed by atoms with Gasteiger partial charge in [-0.25, -0.2) is 14.8 Å². The van der Waals surface area contributed by atoms with Crippen LogP contribution >= 0.6 is 0 Å². The molecule has 0 amide bonds. The minimum Gasteiger partial charge on any atom is -0.460 e. The van der Waals surface area contributed by atoms with Crippen LogP contribution in [0.25, 0.3) is 0 Å². The molecule has 102 valence electrons. The maximum atomic E-state index is 11.9. The van der Waals surface area contributed by atoms with Gasteiger partial charge in [-0.3, -0.25) is 0 Å². The van der Waals surface area contributed by atoms with Crippen molar-refractivity contribution >= 4 is 5.97 Å². The number of hydrogen-bond donors (Lipinski definition) is 0. The highest BCUT2D eigenvalue weighted by Crippen LogP contribution is 2.15. The molecular formula is C14H18N2O3. The molecule has 0 radical (unpaired) electrons. The molecule has 1 aromatic rings. The van der Waals surface area contributed by atoms with E-state index < -0.39 is 17.7 Å². The van der Waals surface area contributed by atoms with Crippen molar-refractivity contribution in [3.05, 3.63) is 17.6 Å². The first kappa shape index (κ1) is 15.0. The van der Waals surface area contributed by atoms with Gasteiger partial charge in [0.2, 0.25) is 5.88 Å². The molecule has 0 fully saturated rings. The molecule has 5 nitrogen and oxygen atoms in total. The molecule has 1 atom stereocenters. The standard InChI is InChI=1S/C14H18N2O3/c1-7-9(2)18-11-8-15-12(10(3)16-11)13(17)19-14(4,5)6/h1,8-9H,2-6H3. The number of carbonyl (C=O) groups excluding carboxylic acids is 1. The molecule has 0 saturated carbocycles. The fraction of sp³-hybridized carbons (Fsp3) is 0.500. The second-order valence-corrected chi connectivity index (χ2v) is 5.07. The van der Waals surface area contributed by atoms with Crippen molar-refractivity contribution in [1.82, 2.24) is 9.97 Å². The summed E-state index contributed by atoms with van der Waals surface area (Å²) in [5.41, 5.74) is 0.0462. The van der Waals surface area contributed by atoms with Crippen LogP contribution in [0.15, 0.2) is 6.20 Å². The zero-order chi connectivity index (χ0) is 14.6. The van der Waals surface area contributed by atoms with E-state index >= 15 is 0 Å². The lowest BCUT2D eigenvalue weighted by atomic mass is 10.2. The molecule has 0 N–H and O–H groups in total. The molecule has 0 spiro atoms. The van der Waals surface area contributed by atoms with Crippen LogP contribution in [-0.4, -0.2) is 27.6 Å². The van der Waals surface area contributed by atoms with Gasteiger partial charge in [-0.1, -0.05) is 5.92 Å². The summed E-state index contributed by atoms with van der Waals surface area (Å²) in [4.78, 5) is 20.0. The smallest absolute Gasteiger partial charge is 0.359 e. The molecule has 0 aromatic carbocycles. The Hall–Kier alpha value is -2.09. The lowest BCUT2D eigenvalue weighted by Crippen LogP contribution is -2.25. The summed E-state index contributed by atoms with van der Waals surface area (Å²) in [7, 11) is 0. The summed E-state index contributed by atoms with van der Waals surface area (Å²) in [6.45, 7) is 8.76. The molecular weight excluding hydrogens is 244 g/mol. The summed E-state index contributed by atoms with van der Waals surface area (Å²) in [5.74, 6) is 2.20. The Kier molecular flexibility index (Phi) is 4.49. The Morgan fingerprint density at radius 2 is 2.11 bits per heavy atom. The number of hydrogen-bond acceptors (Lipinski definition) is 5. The molecule has 0 aliphatic heterocycles. The van der Waals surface area contributed by atoms with Crippen molar-refractivity contribution < 1.29 is 14.3 Å². The predicted molar refractivity (Wildman–Crippen MR) is 70.9 cm³/mol. The zero-order valence-corrected chi connectivity index (χ0v) is 11.9. The van der Waals surface area contributed by atoms with Gasteiger partial charge in [0, 0.05) is 0 Å². The van der Waals surface area contributed by atoms with Crippen LogP contribution in [0, 0.1) is 19.3 Å². The molecule has 19 heavy (non-hydrogen) atoms. The van der Waals surface area contributed by atoms with Gasteiger partial charge in [0.25, 0.3) is 0 Å². The molecule has 0 aliphatic carbocycles. The van der Waals surface area contributed by atoms with Crippen LogP contribution in [0.3, 0.4) is 0 Å². The van der Waals surface area contributed by atoms with Crippen LogP contribution in [0.1, 0.15) is 43.9 Å². The van der Waals surface area contributed by atoms with Gasteiger partial charge in [0.15, 0.2) is 11.8 Å². The normalized spacial score (nSPS) is 12.4. The number of aromatic nitrogens is 2. The van der Waals surface area contributed by atoms with Gasteiger partial charge in [0.1, 0.15) is 5.60 Å². The van der Waals surface area contributed by atoms with Gasteiger partial charge in [-0.2, -0.15) is 0 Å². The summed E-state index contributed by atoms with van der Waals surface area (Å²) in [5, 5.41) is 0. The van der Waals surface area contributed by atoms with E-state index in [4.69, 9.17) is 15.9 Å². The highest BCUT2D eigenvalue weighted by Gasteiger charge is 2.21. The number of aryl methyl sites for hydroxylation is 1. The van der Waals surface area contributed by atoms with Crippen molar-refractivity contribution in [2.75, 3.05) is 0 Å². The van der Waals surface area contributed by atoms with Crippen LogP contribution < -0.4 is 4.74 Å². The van der Waals surface area contributed by atoms with E-state index in [1.807, 2.05) is 0 Å². The Balaban J connectivity index is 2.89. The number of ether oxygens (including phenoxy) is 2. The van der Waals surface area contributed by atoms with Crippen LogP contribution in [0.4, 0.5) is 0 Å². The topological polar surface area (TPSA) is 61.3 Å². The van der Waals surface area contributed by atoms with E-state index in [-0.39, 0.29) is 11.6 Å². The van der Waals surface area contributed by atoms with Gasteiger partial charge in [0.05, 0.1) is 11.9 Å². The molecule has 1 unspecified atom stereocenters. The molecule has 1 aromatic heterocycles. The second-order valence-electron chi connectivity index (χ2n) is 5.07. The first-order chi connectivity index (χ1) is 8.73. The number of rotatable bonds is 3. The average molecular weight is 262 g/mol. The highest BCUT2D eigenvalue weighted by atomic mass is 16.6. The zero-order valence-electron chi connectivity index (χ0n) is 11.9. The summed E-state index contributed by atoms with van der Waals surface area (Å²) < 4.78 is 10.6. The predicted octanol–water partition coefficient (Wildman–Crippen LogP) is 2.14. The van der Waals surface area contributed by atoms with E-state index in [2.05, 4.69) is 15.9 Å². The number of carbonyl (C=O) groups is 1. The SMILES string of the molecule is C#CC(C)Oc1cnc(C(=O)OC(C)(C)C)c(C)n1. The largest absolute Gasteiger partial charge is 0.460 e. The number of nitrogens with zero attached hydrogens (tertiary/aromatic N) is 2. The molecule has 0 saturated heterocycles. The van der Waals surface area contributed by atoms with E-state index in [9.17, 15) is 4.79 Å². The lowest BCUT2D eigenvalue weighted by molar-refractivity contribution is 0.00612. The summed E-state index contributed by atoms with van der Waals surface area (Å²) >= 11 is 0. The maximum Gasteiger partial charge on any atom is 0.359 e. The first-order valence-electron chi connectivity index (χ1n) is 5.92. The molecule has 1 rings (SSSR count). The Morgan fingerprint density at radius 1 is 1.47 bits per heavy atom. The highest BCUT2D eigenvalue weighted by molar-refractivity contribution is 5.88. The monoisotopic (exact) mass is 262 g/mol. The Labute approximate surface area is 113 Å². The van der Waals surface area contributed by atoms with Crippen LogP contribution in [0.2, 0.25) is 0 Å². The van der Waals surface area contributed by atoms with Crippen LogP contribution in [-0.2, 0) is 4.74 Å². The minimum atomic E-state index is -0.571. The third-order valence-electron chi connectivity index (χ3n) is 2.05. The van der Waals surface area contributed by atoms with Gasteiger partial charge >= 0.3 is 5.97 Å². The third kappa shape index (κ3) is 4.59. The summed E-state index contributed by atoms with van der Waals surface area (Å²) in [6.07, 6.45) is 6.17. The van der Waals surface area contributed by atoms with Crippen molar-refractivity contribution in [1.29, 1.82) is 0 Å². The van der Waals surface area contributed by atoms with Crippen molar-refractivity contribution in [2.45, 2.75) is 46.3 Å². The van der Waals surface area contributed by atoms with E-state index in [1.54, 1.807) is 34.6 Å². The maximum absolute atomic E-state index is 11.9. The average Bonchev–Trinajstić information content (AvgIpc) is 2.26. The molecule has 0 aliphatic rings. The quantitative estimate of drug-likeness (QED) is 0.617. The molecule has 5 heteroatoms. The van der Waals surface area contributed by atoms with E-state index in [0.29, 0.717) is 5.69 Å². The minimum absolute atomic E-state index is 0.177. The number of esters is 1. The second kappa shape index (κ2) is 5.70. The van der Waals surface area contributed by atoms with Gasteiger partial charge < -0.3 is 9.47 Å². The fourth-order valence-corrected chi connectivity index (χ4v) is 1.26. The molecule has 0 bridgehead atoms. The Morgan fingerprint density at radius 3 is 2.58 bits per heavy atom. The van der Waals surface area contributed by atoms with Crippen molar-refractivity contribution in [3.8, 4) is 18.2 Å². The first-order valence-corrected chi connectivity index (χ1v) is 5.92. The van der Waals surface area contributed by atoms with Crippen LogP contribution in [0.5, 0.6) is 5.88 Å². The fourth-order valence-electron chi connectivity index (χ4n) is 1.26. The Bertz CT molecular complexity index is 512.